The molecule has 3 heteroatoms. The fraction of sp³-hybridized carbons (Fsp3) is 0.444. The number of nitrogens with one attached hydrogen (secondary N) is 1. The van der Waals surface area contributed by atoms with Crippen molar-refractivity contribution in [3.63, 3.8) is 0 Å². The maximum Gasteiger partial charge on any atom is 0.122 e. The van der Waals surface area contributed by atoms with Crippen LogP contribution < -0.4 is 10.1 Å². The zero-order valence-electron chi connectivity index (χ0n) is 12.4. The number of rotatable bonds is 3. The highest BCUT2D eigenvalue weighted by Crippen LogP contribution is 2.43. The minimum atomic E-state index is 0.407. The van der Waals surface area contributed by atoms with E-state index in [1.807, 2.05) is 11.3 Å². The summed E-state index contributed by atoms with van der Waals surface area (Å²) < 4.78 is 5.64. The van der Waals surface area contributed by atoms with Crippen LogP contribution in [0.3, 0.4) is 0 Å². The summed E-state index contributed by atoms with van der Waals surface area (Å²) in [4.78, 5) is 1.59. The first-order chi connectivity index (χ1) is 10.4. The summed E-state index contributed by atoms with van der Waals surface area (Å²) in [5.41, 5.74) is 4.35. The number of hydrogen-bond donors (Lipinski definition) is 1. The van der Waals surface area contributed by atoms with E-state index in [4.69, 9.17) is 4.74 Å². The molecule has 2 aliphatic rings. The van der Waals surface area contributed by atoms with Crippen molar-refractivity contribution in [2.24, 2.45) is 0 Å². The van der Waals surface area contributed by atoms with Crippen LogP contribution in [0.2, 0.25) is 0 Å². The molecule has 0 fully saturated rings. The van der Waals surface area contributed by atoms with Gasteiger partial charge in [-0.2, -0.15) is 0 Å². The third kappa shape index (κ3) is 2.29. The molecular formula is C18H21NOS. The Balaban J connectivity index is 1.70. The van der Waals surface area contributed by atoms with E-state index < -0.39 is 0 Å². The predicted molar refractivity (Wildman–Crippen MR) is 87.4 cm³/mol. The molecule has 1 aromatic carbocycles. The maximum atomic E-state index is 5.64. The monoisotopic (exact) mass is 299 g/mol. The van der Waals surface area contributed by atoms with Crippen LogP contribution in [0.15, 0.2) is 29.6 Å². The lowest BCUT2D eigenvalue weighted by Gasteiger charge is -2.31. The molecule has 4 rings (SSSR count). The number of likely N-dealkylation sites (N-methyl/N-ethyl adjacent to an activating group) is 1. The summed E-state index contributed by atoms with van der Waals surface area (Å²) in [7, 11) is 2.09. The molecule has 2 unspecified atom stereocenters. The Morgan fingerprint density at radius 3 is 3.14 bits per heavy atom. The standard InChI is InChI=1S/C18H21NOS/c1-19-18(13-5-6-16-12(11-13)7-9-20-16)15-3-2-4-17-14(15)8-10-21-17/h5-6,8,10-11,15,18-19H,2-4,7,9H2,1H3. The van der Waals surface area contributed by atoms with E-state index in [-0.39, 0.29) is 0 Å². The van der Waals surface area contributed by atoms with Crippen LogP contribution >= 0.6 is 11.3 Å². The van der Waals surface area contributed by atoms with E-state index in [9.17, 15) is 0 Å². The summed E-state index contributed by atoms with van der Waals surface area (Å²) in [6.45, 7) is 0.834. The average Bonchev–Trinajstić information content (AvgIpc) is 3.16. The molecule has 1 aliphatic heterocycles. The second kappa shape index (κ2) is 5.47. The Morgan fingerprint density at radius 1 is 1.29 bits per heavy atom. The van der Waals surface area contributed by atoms with Gasteiger partial charge in [0.2, 0.25) is 0 Å². The van der Waals surface area contributed by atoms with Crippen LogP contribution in [-0.2, 0) is 12.8 Å². The van der Waals surface area contributed by atoms with Crippen LogP contribution in [0.4, 0.5) is 0 Å². The SMILES string of the molecule is CNC(c1ccc2c(c1)CCO2)C1CCCc2sccc21. The third-order valence-electron chi connectivity index (χ3n) is 4.88. The zero-order chi connectivity index (χ0) is 14.2. The van der Waals surface area contributed by atoms with Crippen molar-refractivity contribution < 1.29 is 4.74 Å². The van der Waals surface area contributed by atoms with Crippen LogP contribution in [0.5, 0.6) is 5.75 Å². The first kappa shape index (κ1) is 13.4. The van der Waals surface area contributed by atoms with Crippen molar-refractivity contribution in [2.75, 3.05) is 13.7 Å². The molecule has 2 aromatic rings. The Labute approximate surface area is 130 Å². The molecule has 0 bridgehead atoms. The number of aryl methyl sites for hydroxylation is 1. The van der Waals surface area contributed by atoms with Crippen molar-refractivity contribution in [1.29, 1.82) is 0 Å². The van der Waals surface area contributed by atoms with E-state index in [0.29, 0.717) is 12.0 Å². The smallest absolute Gasteiger partial charge is 0.122 e. The first-order valence-electron chi connectivity index (χ1n) is 7.86. The molecule has 2 atom stereocenters. The molecule has 2 nitrogen and oxygen atoms in total. The van der Waals surface area contributed by atoms with Gasteiger partial charge in [0.15, 0.2) is 0 Å². The number of thiophene rings is 1. The molecule has 0 amide bonds. The molecular weight excluding hydrogens is 278 g/mol. The lowest BCUT2D eigenvalue weighted by Crippen LogP contribution is -2.26. The van der Waals surface area contributed by atoms with Crippen molar-refractivity contribution in [1.82, 2.24) is 5.32 Å². The van der Waals surface area contributed by atoms with Crippen LogP contribution in [-0.4, -0.2) is 13.7 Å². The minimum Gasteiger partial charge on any atom is -0.493 e. The van der Waals surface area contributed by atoms with Gasteiger partial charge < -0.3 is 10.1 Å². The number of fused-ring (bicyclic) bond motifs is 2. The zero-order valence-corrected chi connectivity index (χ0v) is 13.2. The van der Waals surface area contributed by atoms with Gasteiger partial charge in [0.25, 0.3) is 0 Å². The van der Waals surface area contributed by atoms with Crippen LogP contribution in [0, 0.1) is 0 Å². The van der Waals surface area contributed by atoms with E-state index in [0.717, 1.165) is 18.8 Å². The van der Waals surface area contributed by atoms with Gasteiger partial charge in [0.1, 0.15) is 5.75 Å². The lowest BCUT2D eigenvalue weighted by molar-refractivity contribution is 0.356. The van der Waals surface area contributed by atoms with Gasteiger partial charge in [-0.05, 0) is 60.5 Å². The Kier molecular flexibility index (Phi) is 3.48. The molecule has 0 radical (unpaired) electrons. The van der Waals surface area contributed by atoms with Crippen LogP contribution in [0.25, 0.3) is 0 Å². The molecule has 1 N–H and O–H groups in total. The van der Waals surface area contributed by atoms with Gasteiger partial charge >= 0.3 is 0 Å². The highest BCUT2D eigenvalue weighted by molar-refractivity contribution is 7.10. The fourth-order valence-electron chi connectivity index (χ4n) is 3.87. The van der Waals surface area contributed by atoms with Gasteiger partial charge in [0, 0.05) is 23.3 Å². The summed E-state index contributed by atoms with van der Waals surface area (Å²) in [5.74, 6) is 1.68. The van der Waals surface area contributed by atoms with Crippen molar-refractivity contribution >= 4 is 11.3 Å². The highest BCUT2D eigenvalue weighted by Gasteiger charge is 2.29. The second-order valence-electron chi connectivity index (χ2n) is 6.03. The Bertz CT molecular complexity index is 648. The Hall–Kier alpha value is -1.32. The normalized spacial score (nSPS) is 21.5. The maximum absolute atomic E-state index is 5.64. The van der Waals surface area contributed by atoms with E-state index >= 15 is 0 Å². The molecule has 110 valence electrons. The summed E-state index contributed by atoms with van der Waals surface area (Å²) in [6.07, 6.45) is 4.90. The van der Waals surface area contributed by atoms with Gasteiger partial charge in [0.05, 0.1) is 6.61 Å². The Morgan fingerprint density at radius 2 is 2.24 bits per heavy atom. The van der Waals surface area contributed by atoms with Crippen molar-refractivity contribution in [3.8, 4) is 5.75 Å². The van der Waals surface area contributed by atoms with E-state index in [1.54, 1.807) is 10.4 Å². The number of ether oxygens (including phenoxy) is 1. The minimum absolute atomic E-state index is 0.407. The van der Waals surface area contributed by atoms with E-state index in [1.165, 1.54) is 30.4 Å². The largest absolute Gasteiger partial charge is 0.493 e. The topological polar surface area (TPSA) is 21.3 Å². The molecule has 0 saturated carbocycles. The second-order valence-corrected chi connectivity index (χ2v) is 7.03. The average molecular weight is 299 g/mol. The highest BCUT2D eigenvalue weighted by atomic mass is 32.1. The molecule has 0 spiro atoms. The summed E-state index contributed by atoms with van der Waals surface area (Å²) >= 11 is 1.92. The van der Waals surface area contributed by atoms with Gasteiger partial charge in [-0.1, -0.05) is 12.1 Å². The first-order valence-corrected chi connectivity index (χ1v) is 8.74. The molecule has 1 aromatic heterocycles. The number of benzene rings is 1. The fourth-order valence-corrected chi connectivity index (χ4v) is 4.87. The van der Waals surface area contributed by atoms with Gasteiger partial charge in [-0.25, -0.2) is 0 Å². The molecule has 1 aliphatic carbocycles. The molecule has 21 heavy (non-hydrogen) atoms. The quantitative estimate of drug-likeness (QED) is 0.922. The predicted octanol–water partition coefficient (Wildman–Crippen LogP) is 4.06. The van der Waals surface area contributed by atoms with Gasteiger partial charge in [-0.3, -0.25) is 0 Å². The summed E-state index contributed by atoms with van der Waals surface area (Å²) in [5, 5.41) is 5.83. The number of hydrogen-bond acceptors (Lipinski definition) is 3. The lowest BCUT2D eigenvalue weighted by atomic mass is 9.79. The third-order valence-corrected chi connectivity index (χ3v) is 5.88. The van der Waals surface area contributed by atoms with Crippen LogP contribution in [0.1, 0.15) is 46.4 Å². The van der Waals surface area contributed by atoms with Gasteiger partial charge in [-0.15, -0.1) is 11.3 Å². The molecule has 2 heterocycles. The van der Waals surface area contributed by atoms with Crippen molar-refractivity contribution in [2.45, 2.75) is 37.6 Å². The van der Waals surface area contributed by atoms with Crippen molar-refractivity contribution in [3.05, 3.63) is 51.2 Å². The molecule has 0 saturated heterocycles. The van der Waals surface area contributed by atoms with E-state index in [2.05, 4.69) is 42.0 Å². The summed E-state index contributed by atoms with van der Waals surface area (Å²) in [6, 6.07) is 9.49.